The molecule has 2 atom stereocenters. The monoisotopic (exact) mass is 387 g/mol. The number of halogens is 1. The van der Waals surface area contributed by atoms with Crippen molar-refractivity contribution in [2.24, 2.45) is 0 Å². The molecule has 2 N–H and O–H groups in total. The van der Waals surface area contributed by atoms with E-state index in [1.54, 1.807) is 12.1 Å². The van der Waals surface area contributed by atoms with Gasteiger partial charge in [-0.2, -0.15) is 0 Å². The summed E-state index contributed by atoms with van der Waals surface area (Å²) in [6.07, 6.45) is 0.151. The van der Waals surface area contributed by atoms with E-state index in [0.29, 0.717) is 11.6 Å². The summed E-state index contributed by atoms with van der Waals surface area (Å²) in [5.74, 6) is -0.310. The molecule has 6 heteroatoms. The van der Waals surface area contributed by atoms with E-state index < -0.39 is 6.04 Å². The Kier molecular flexibility index (Phi) is 7.82. The fourth-order valence-electron chi connectivity index (χ4n) is 2.92. The number of rotatable bonds is 8. The molecule has 2 aromatic rings. The quantitative estimate of drug-likeness (QED) is 0.730. The summed E-state index contributed by atoms with van der Waals surface area (Å²) in [5, 5.41) is 6.55. The molecule has 5 nitrogen and oxygen atoms in total. The van der Waals surface area contributed by atoms with E-state index in [0.717, 1.165) is 11.1 Å². The number of carbonyl (C=O) groups is 2. The maximum Gasteiger partial charge on any atom is 0.222 e. The SMILES string of the molecule is CC(=O)NC(CC(=O)NC(CN(C)C)c1ccccc1)c1ccc(Cl)cc1. The van der Waals surface area contributed by atoms with Crippen LogP contribution in [0.5, 0.6) is 0 Å². The van der Waals surface area contributed by atoms with Crippen molar-refractivity contribution in [2.75, 3.05) is 20.6 Å². The second-order valence-corrected chi connectivity index (χ2v) is 7.24. The lowest BCUT2D eigenvalue weighted by atomic mass is 10.0. The van der Waals surface area contributed by atoms with Gasteiger partial charge in [-0.25, -0.2) is 0 Å². The van der Waals surface area contributed by atoms with E-state index in [4.69, 9.17) is 11.6 Å². The summed E-state index contributed by atoms with van der Waals surface area (Å²) in [6, 6.07) is 16.5. The number of nitrogens with one attached hydrogen (secondary N) is 2. The van der Waals surface area contributed by atoms with Crippen LogP contribution in [0.25, 0.3) is 0 Å². The largest absolute Gasteiger partial charge is 0.349 e. The van der Waals surface area contributed by atoms with Crippen molar-refractivity contribution < 1.29 is 9.59 Å². The molecule has 0 saturated heterocycles. The third kappa shape index (κ3) is 7.04. The van der Waals surface area contributed by atoms with Crippen LogP contribution in [0.3, 0.4) is 0 Å². The Bertz CT molecular complexity index is 748. The molecule has 0 fully saturated rings. The molecule has 0 bridgehead atoms. The van der Waals surface area contributed by atoms with Crippen molar-refractivity contribution in [1.29, 1.82) is 0 Å². The van der Waals surface area contributed by atoms with Gasteiger partial charge in [-0.15, -0.1) is 0 Å². The van der Waals surface area contributed by atoms with E-state index in [9.17, 15) is 9.59 Å². The van der Waals surface area contributed by atoms with Crippen molar-refractivity contribution in [3.8, 4) is 0 Å². The smallest absolute Gasteiger partial charge is 0.222 e. The fraction of sp³-hybridized carbons (Fsp3) is 0.333. The van der Waals surface area contributed by atoms with Gasteiger partial charge in [-0.05, 0) is 37.4 Å². The van der Waals surface area contributed by atoms with Gasteiger partial charge in [0, 0.05) is 18.5 Å². The Hall–Kier alpha value is -2.37. The number of nitrogens with zero attached hydrogens (tertiary/aromatic N) is 1. The molecule has 0 aliphatic heterocycles. The lowest BCUT2D eigenvalue weighted by Gasteiger charge is -2.24. The predicted molar refractivity (Wildman–Crippen MR) is 109 cm³/mol. The van der Waals surface area contributed by atoms with Gasteiger partial charge < -0.3 is 15.5 Å². The molecular weight excluding hydrogens is 362 g/mol. The topological polar surface area (TPSA) is 61.4 Å². The summed E-state index contributed by atoms with van der Waals surface area (Å²) < 4.78 is 0. The van der Waals surface area contributed by atoms with Crippen molar-refractivity contribution >= 4 is 23.4 Å². The second kappa shape index (κ2) is 10.1. The minimum atomic E-state index is -0.407. The molecule has 0 heterocycles. The summed E-state index contributed by atoms with van der Waals surface area (Å²) in [4.78, 5) is 26.4. The molecular formula is C21H26ClN3O2. The highest BCUT2D eigenvalue weighted by Crippen LogP contribution is 2.21. The van der Waals surface area contributed by atoms with Crippen LogP contribution in [-0.4, -0.2) is 37.4 Å². The van der Waals surface area contributed by atoms with E-state index in [1.165, 1.54) is 6.92 Å². The van der Waals surface area contributed by atoms with Crippen molar-refractivity contribution in [3.05, 3.63) is 70.7 Å². The van der Waals surface area contributed by atoms with E-state index in [-0.39, 0.29) is 24.3 Å². The Labute approximate surface area is 165 Å². The van der Waals surface area contributed by atoms with Crippen LogP contribution in [0, 0.1) is 0 Å². The van der Waals surface area contributed by atoms with Gasteiger partial charge in [0.15, 0.2) is 0 Å². The highest BCUT2D eigenvalue weighted by atomic mass is 35.5. The number of amides is 2. The molecule has 0 radical (unpaired) electrons. The van der Waals surface area contributed by atoms with Crippen molar-refractivity contribution in [3.63, 3.8) is 0 Å². The van der Waals surface area contributed by atoms with Gasteiger partial charge in [-0.3, -0.25) is 9.59 Å². The zero-order valence-corrected chi connectivity index (χ0v) is 16.7. The third-order valence-corrected chi connectivity index (χ3v) is 4.38. The fourth-order valence-corrected chi connectivity index (χ4v) is 3.04. The van der Waals surface area contributed by atoms with E-state index >= 15 is 0 Å². The minimum absolute atomic E-state index is 0.126. The van der Waals surface area contributed by atoms with Gasteiger partial charge in [0.1, 0.15) is 0 Å². The van der Waals surface area contributed by atoms with E-state index in [2.05, 4.69) is 10.6 Å². The Morgan fingerprint density at radius 1 is 0.926 bits per heavy atom. The average molecular weight is 388 g/mol. The van der Waals surface area contributed by atoms with Crippen LogP contribution in [0.4, 0.5) is 0 Å². The summed E-state index contributed by atoms with van der Waals surface area (Å²) in [7, 11) is 3.94. The molecule has 2 unspecified atom stereocenters. The lowest BCUT2D eigenvalue weighted by molar-refractivity contribution is -0.123. The van der Waals surface area contributed by atoms with Crippen molar-refractivity contribution in [2.45, 2.75) is 25.4 Å². The average Bonchev–Trinajstić information content (AvgIpc) is 2.61. The first-order valence-electron chi connectivity index (χ1n) is 8.86. The maximum atomic E-state index is 12.7. The first-order valence-corrected chi connectivity index (χ1v) is 9.24. The molecule has 2 rings (SSSR count). The van der Waals surface area contributed by atoms with Gasteiger partial charge in [0.25, 0.3) is 0 Å². The van der Waals surface area contributed by atoms with Crippen LogP contribution in [0.2, 0.25) is 5.02 Å². The van der Waals surface area contributed by atoms with E-state index in [1.807, 2.05) is 61.5 Å². The Balaban J connectivity index is 2.12. The van der Waals surface area contributed by atoms with Crippen LogP contribution in [-0.2, 0) is 9.59 Å². The number of likely N-dealkylation sites (N-methyl/N-ethyl adjacent to an activating group) is 1. The first kappa shape index (κ1) is 20.9. The normalized spacial score (nSPS) is 13.1. The Morgan fingerprint density at radius 3 is 2.07 bits per heavy atom. The molecule has 0 saturated carbocycles. The number of hydrogen-bond acceptors (Lipinski definition) is 3. The predicted octanol–water partition coefficient (Wildman–Crippen LogP) is 3.33. The molecule has 0 aliphatic carbocycles. The molecule has 27 heavy (non-hydrogen) atoms. The molecule has 2 aromatic carbocycles. The maximum absolute atomic E-state index is 12.7. The van der Waals surface area contributed by atoms with Gasteiger partial charge in [-0.1, -0.05) is 54.1 Å². The molecule has 0 spiro atoms. The highest BCUT2D eigenvalue weighted by molar-refractivity contribution is 6.30. The third-order valence-electron chi connectivity index (χ3n) is 4.12. The van der Waals surface area contributed by atoms with Crippen LogP contribution in [0.15, 0.2) is 54.6 Å². The summed E-state index contributed by atoms with van der Waals surface area (Å²) >= 11 is 5.94. The second-order valence-electron chi connectivity index (χ2n) is 6.80. The van der Waals surface area contributed by atoms with Gasteiger partial charge in [0.2, 0.25) is 11.8 Å². The Morgan fingerprint density at radius 2 is 1.52 bits per heavy atom. The summed E-state index contributed by atoms with van der Waals surface area (Å²) in [5.41, 5.74) is 1.88. The molecule has 2 amide bonds. The number of benzene rings is 2. The van der Waals surface area contributed by atoms with Crippen LogP contribution in [0.1, 0.15) is 36.6 Å². The molecule has 0 aromatic heterocycles. The summed E-state index contributed by atoms with van der Waals surface area (Å²) in [6.45, 7) is 2.13. The molecule has 144 valence electrons. The van der Waals surface area contributed by atoms with Crippen molar-refractivity contribution in [1.82, 2.24) is 15.5 Å². The van der Waals surface area contributed by atoms with Crippen LogP contribution < -0.4 is 10.6 Å². The minimum Gasteiger partial charge on any atom is -0.349 e. The van der Waals surface area contributed by atoms with Crippen LogP contribution >= 0.6 is 11.6 Å². The highest BCUT2D eigenvalue weighted by Gasteiger charge is 2.20. The first-order chi connectivity index (χ1) is 12.8. The van der Waals surface area contributed by atoms with Gasteiger partial charge in [0.05, 0.1) is 18.5 Å². The molecule has 0 aliphatic rings. The zero-order chi connectivity index (χ0) is 19.8. The van der Waals surface area contributed by atoms with Gasteiger partial charge >= 0.3 is 0 Å². The standard InChI is InChI=1S/C21H26ClN3O2/c1-15(26)23-19(17-9-11-18(22)12-10-17)13-21(27)24-20(14-25(2)3)16-7-5-4-6-8-16/h4-12,19-20H,13-14H2,1-3H3,(H,23,26)(H,24,27). The lowest BCUT2D eigenvalue weighted by Crippen LogP contribution is -2.38. The zero-order valence-electron chi connectivity index (χ0n) is 15.9. The number of carbonyl (C=O) groups excluding carboxylic acids is 2. The number of hydrogen-bond donors (Lipinski definition) is 2.